The highest BCUT2D eigenvalue weighted by molar-refractivity contribution is 9.10. The second kappa shape index (κ2) is 8.22. The summed E-state index contributed by atoms with van der Waals surface area (Å²) in [7, 11) is -3.65. The molecule has 1 atom stereocenters. The number of halogens is 1. The fourth-order valence-electron chi connectivity index (χ4n) is 2.93. The van der Waals surface area contributed by atoms with E-state index in [0.29, 0.717) is 17.8 Å². The minimum absolute atomic E-state index is 0.347. The summed E-state index contributed by atoms with van der Waals surface area (Å²) in [4.78, 5) is 12.9. The first kappa shape index (κ1) is 20.5. The molecule has 0 unspecified atom stereocenters. The van der Waals surface area contributed by atoms with E-state index in [0.717, 1.165) is 21.9 Å². The van der Waals surface area contributed by atoms with Gasteiger partial charge in [-0.05, 0) is 61.7 Å². The molecule has 5 nitrogen and oxygen atoms in total. The number of sulfonamides is 1. The number of nitrogens with one attached hydrogen (secondary N) is 1. The van der Waals surface area contributed by atoms with Crippen molar-refractivity contribution in [1.82, 2.24) is 0 Å². The van der Waals surface area contributed by atoms with Crippen LogP contribution in [0.2, 0.25) is 0 Å². The predicted molar refractivity (Wildman–Crippen MR) is 110 cm³/mol. The number of anilines is 2. The minimum Gasteiger partial charge on any atom is -0.324 e. The number of carbonyl (C=O) groups is 1. The lowest BCUT2D eigenvalue weighted by atomic mass is 10.1. The lowest BCUT2D eigenvalue weighted by Gasteiger charge is -2.30. The first-order valence-electron chi connectivity index (χ1n) is 8.26. The summed E-state index contributed by atoms with van der Waals surface area (Å²) in [5.74, 6) is -0.366. The molecule has 1 N–H and O–H groups in total. The van der Waals surface area contributed by atoms with Gasteiger partial charge in [0.2, 0.25) is 15.9 Å². The second-order valence-corrected chi connectivity index (χ2v) is 9.10. The maximum Gasteiger partial charge on any atom is 0.248 e. The minimum atomic E-state index is -3.65. The monoisotopic (exact) mass is 438 g/mol. The van der Waals surface area contributed by atoms with Crippen LogP contribution in [0.3, 0.4) is 0 Å². The molecule has 0 radical (unpaired) electrons. The third kappa shape index (κ3) is 5.08. The van der Waals surface area contributed by atoms with Crippen molar-refractivity contribution in [1.29, 1.82) is 0 Å². The van der Waals surface area contributed by atoms with E-state index in [9.17, 15) is 13.2 Å². The number of rotatable bonds is 6. The van der Waals surface area contributed by atoms with E-state index in [1.807, 2.05) is 26.0 Å². The molecule has 0 aliphatic heterocycles. The van der Waals surface area contributed by atoms with Gasteiger partial charge in [0.15, 0.2) is 0 Å². The van der Waals surface area contributed by atoms with Gasteiger partial charge < -0.3 is 5.32 Å². The summed E-state index contributed by atoms with van der Waals surface area (Å²) in [5, 5.41) is 2.81. The van der Waals surface area contributed by atoms with Crippen LogP contribution in [0.4, 0.5) is 11.4 Å². The first-order valence-corrected chi connectivity index (χ1v) is 10.9. The molecule has 26 heavy (non-hydrogen) atoms. The normalized spacial score (nSPS) is 12.5. The van der Waals surface area contributed by atoms with E-state index in [1.54, 1.807) is 37.3 Å². The first-order chi connectivity index (χ1) is 12.1. The topological polar surface area (TPSA) is 66.5 Å². The lowest BCUT2D eigenvalue weighted by molar-refractivity contribution is -0.117. The zero-order chi connectivity index (χ0) is 19.5. The zero-order valence-corrected chi connectivity index (χ0v) is 17.7. The van der Waals surface area contributed by atoms with Gasteiger partial charge in [-0.1, -0.05) is 35.0 Å². The van der Waals surface area contributed by atoms with Gasteiger partial charge in [0.25, 0.3) is 0 Å². The fraction of sp³-hybridized carbons (Fsp3) is 0.316. The van der Waals surface area contributed by atoms with E-state index in [1.165, 1.54) is 4.31 Å². The van der Waals surface area contributed by atoms with Crippen LogP contribution in [0.5, 0.6) is 0 Å². The highest BCUT2D eigenvalue weighted by Crippen LogP contribution is 2.26. The van der Waals surface area contributed by atoms with Crippen molar-refractivity contribution in [3.05, 3.63) is 58.1 Å². The van der Waals surface area contributed by atoms with Gasteiger partial charge in [0.1, 0.15) is 6.04 Å². The van der Waals surface area contributed by atoms with Crippen LogP contribution in [0, 0.1) is 13.8 Å². The Bertz CT molecular complexity index is 893. The van der Waals surface area contributed by atoms with Crippen LogP contribution in [0.25, 0.3) is 0 Å². The van der Waals surface area contributed by atoms with Gasteiger partial charge >= 0.3 is 0 Å². The quantitative estimate of drug-likeness (QED) is 0.732. The van der Waals surface area contributed by atoms with Crippen molar-refractivity contribution in [2.75, 3.05) is 15.9 Å². The summed E-state index contributed by atoms with van der Waals surface area (Å²) >= 11 is 3.36. The Morgan fingerprint density at radius 2 is 1.77 bits per heavy atom. The summed E-state index contributed by atoms with van der Waals surface area (Å²) in [6.07, 6.45) is 1.47. The molecule has 0 fully saturated rings. The molecule has 0 bridgehead atoms. The Morgan fingerprint density at radius 1 is 1.15 bits per heavy atom. The third-order valence-electron chi connectivity index (χ3n) is 3.88. The Balaban J connectivity index is 2.42. The van der Waals surface area contributed by atoms with Crippen molar-refractivity contribution in [2.24, 2.45) is 0 Å². The van der Waals surface area contributed by atoms with Crippen molar-refractivity contribution in [3.63, 3.8) is 0 Å². The van der Waals surface area contributed by atoms with Gasteiger partial charge in [-0.15, -0.1) is 0 Å². The van der Waals surface area contributed by atoms with E-state index in [2.05, 4.69) is 21.2 Å². The molecule has 0 saturated heterocycles. The number of amides is 1. The molecule has 2 rings (SSSR count). The predicted octanol–water partition coefficient (Wildman–Crippen LogP) is 4.25. The van der Waals surface area contributed by atoms with Gasteiger partial charge in [0, 0.05) is 10.2 Å². The molecular formula is C19H23BrN2O3S. The smallest absolute Gasteiger partial charge is 0.248 e. The van der Waals surface area contributed by atoms with Gasteiger partial charge in [0.05, 0.1) is 11.9 Å². The SMILES string of the molecule is CC[C@H](C(=O)Nc1cccc(Br)c1)N(c1cc(C)cc(C)c1)S(C)(=O)=O. The highest BCUT2D eigenvalue weighted by atomic mass is 79.9. The van der Waals surface area contributed by atoms with E-state index < -0.39 is 16.1 Å². The molecule has 1 amide bonds. The Labute approximate surface area is 163 Å². The molecule has 7 heteroatoms. The molecule has 0 spiro atoms. The van der Waals surface area contributed by atoms with Crippen LogP contribution in [-0.4, -0.2) is 26.6 Å². The largest absolute Gasteiger partial charge is 0.324 e. The number of hydrogen-bond donors (Lipinski definition) is 1. The molecule has 0 aliphatic carbocycles. The van der Waals surface area contributed by atoms with Crippen molar-refractivity contribution in [2.45, 2.75) is 33.2 Å². The maximum atomic E-state index is 12.9. The molecule has 0 heterocycles. The van der Waals surface area contributed by atoms with Gasteiger partial charge in [-0.3, -0.25) is 9.10 Å². The van der Waals surface area contributed by atoms with Crippen LogP contribution in [-0.2, 0) is 14.8 Å². The number of carbonyl (C=O) groups excluding carboxylic acids is 1. The summed E-state index contributed by atoms with van der Waals surface area (Å²) in [6, 6.07) is 11.9. The van der Waals surface area contributed by atoms with Gasteiger partial charge in [-0.2, -0.15) is 0 Å². The van der Waals surface area contributed by atoms with E-state index in [4.69, 9.17) is 0 Å². The Kier molecular flexibility index (Phi) is 6.47. The number of nitrogens with zero attached hydrogens (tertiary/aromatic N) is 1. The van der Waals surface area contributed by atoms with E-state index >= 15 is 0 Å². The average molecular weight is 439 g/mol. The standard InChI is InChI=1S/C19H23BrN2O3S/c1-5-18(19(23)21-16-8-6-7-15(20)12-16)22(26(4,24)25)17-10-13(2)9-14(3)11-17/h6-12,18H,5H2,1-4H3,(H,21,23)/t18-/m1/s1. The van der Waals surface area contributed by atoms with Crippen LogP contribution in [0.1, 0.15) is 24.5 Å². The van der Waals surface area contributed by atoms with Crippen molar-refractivity contribution < 1.29 is 13.2 Å². The molecule has 140 valence electrons. The van der Waals surface area contributed by atoms with E-state index in [-0.39, 0.29) is 5.91 Å². The number of aryl methyl sites for hydroxylation is 2. The number of hydrogen-bond acceptors (Lipinski definition) is 3. The molecule has 0 aliphatic rings. The highest BCUT2D eigenvalue weighted by Gasteiger charge is 2.31. The Morgan fingerprint density at radius 3 is 2.27 bits per heavy atom. The fourth-order valence-corrected chi connectivity index (χ4v) is 4.52. The molecule has 2 aromatic rings. The maximum absolute atomic E-state index is 12.9. The van der Waals surface area contributed by atoms with Gasteiger partial charge in [-0.25, -0.2) is 8.42 Å². The van der Waals surface area contributed by atoms with Crippen molar-refractivity contribution >= 4 is 43.2 Å². The third-order valence-corrected chi connectivity index (χ3v) is 5.56. The zero-order valence-electron chi connectivity index (χ0n) is 15.3. The summed E-state index contributed by atoms with van der Waals surface area (Å²) < 4.78 is 27.0. The summed E-state index contributed by atoms with van der Waals surface area (Å²) in [5.41, 5.74) is 2.99. The summed E-state index contributed by atoms with van der Waals surface area (Å²) in [6.45, 7) is 5.60. The van der Waals surface area contributed by atoms with Crippen LogP contribution >= 0.6 is 15.9 Å². The molecule has 0 saturated carbocycles. The average Bonchev–Trinajstić information content (AvgIpc) is 2.49. The van der Waals surface area contributed by atoms with Crippen LogP contribution < -0.4 is 9.62 Å². The van der Waals surface area contributed by atoms with Crippen molar-refractivity contribution in [3.8, 4) is 0 Å². The molecule has 0 aromatic heterocycles. The number of benzene rings is 2. The van der Waals surface area contributed by atoms with Crippen LogP contribution in [0.15, 0.2) is 46.9 Å². The molecule has 2 aromatic carbocycles. The lowest BCUT2D eigenvalue weighted by Crippen LogP contribution is -2.47. The second-order valence-electron chi connectivity index (χ2n) is 6.33. The Hall–Kier alpha value is -1.86. The molecular weight excluding hydrogens is 416 g/mol.